The summed E-state index contributed by atoms with van der Waals surface area (Å²) >= 11 is 0. The lowest BCUT2D eigenvalue weighted by Gasteiger charge is -2.02. The lowest BCUT2D eigenvalue weighted by atomic mass is 10.0. The molecular weight excluding hydrogens is 212 g/mol. The predicted molar refractivity (Wildman–Crippen MR) is 55.2 cm³/mol. The second kappa shape index (κ2) is 4.97. The monoisotopic (exact) mass is 222 g/mol. The van der Waals surface area contributed by atoms with Crippen molar-refractivity contribution in [2.75, 3.05) is 0 Å². The zero-order chi connectivity index (χ0) is 12.1. The van der Waals surface area contributed by atoms with Gasteiger partial charge in [0.1, 0.15) is 5.75 Å². The number of aliphatic carboxylic acids is 2. The van der Waals surface area contributed by atoms with Crippen LogP contribution >= 0.6 is 0 Å². The molecule has 0 spiro atoms. The Bertz CT molecular complexity index is 430. The normalized spacial score (nSPS) is 11.1. The number of carboxylic acids is 2. The van der Waals surface area contributed by atoms with Crippen molar-refractivity contribution in [3.63, 3.8) is 0 Å². The van der Waals surface area contributed by atoms with Crippen molar-refractivity contribution in [2.24, 2.45) is 0 Å². The summed E-state index contributed by atoms with van der Waals surface area (Å²) in [6.45, 7) is 0. The first-order chi connectivity index (χ1) is 7.49. The Morgan fingerprint density at radius 2 is 1.69 bits per heavy atom. The Kier molecular flexibility index (Phi) is 3.66. The van der Waals surface area contributed by atoms with Crippen LogP contribution in [-0.2, 0) is 16.0 Å². The van der Waals surface area contributed by atoms with Crippen molar-refractivity contribution in [3.8, 4) is 5.75 Å². The van der Waals surface area contributed by atoms with Crippen LogP contribution in [0.25, 0.3) is 0 Å². The van der Waals surface area contributed by atoms with Crippen LogP contribution in [-0.4, -0.2) is 27.3 Å². The lowest BCUT2D eigenvalue weighted by Crippen LogP contribution is -2.06. The Labute approximate surface area is 91.3 Å². The first-order valence-corrected chi connectivity index (χ1v) is 4.43. The minimum atomic E-state index is -1.30. The van der Waals surface area contributed by atoms with E-state index in [-0.39, 0.29) is 17.7 Å². The van der Waals surface area contributed by atoms with E-state index in [9.17, 15) is 9.59 Å². The highest BCUT2D eigenvalue weighted by atomic mass is 16.4. The van der Waals surface area contributed by atoms with Crippen molar-refractivity contribution in [3.05, 3.63) is 41.5 Å². The van der Waals surface area contributed by atoms with Gasteiger partial charge in [0.05, 0.1) is 0 Å². The first kappa shape index (κ1) is 11.8. The van der Waals surface area contributed by atoms with Gasteiger partial charge in [0, 0.05) is 18.1 Å². The van der Waals surface area contributed by atoms with Gasteiger partial charge in [-0.2, -0.15) is 0 Å². The number of aromatic hydroxyl groups is 1. The summed E-state index contributed by atoms with van der Waals surface area (Å²) < 4.78 is 0. The van der Waals surface area contributed by atoms with Crippen molar-refractivity contribution in [1.82, 2.24) is 0 Å². The number of carboxylic acid groups (broad SMARTS) is 2. The Hall–Kier alpha value is -2.30. The first-order valence-electron chi connectivity index (χ1n) is 4.43. The fourth-order valence-electron chi connectivity index (χ4n) is 1.17. The maximum Gasteiger partial charge on any atom is 0.332 e. The fourth-order valence-corrected chi connectivity index (χ4v) is 1.17. The molecule has 0 saturated carbocycles. The number of phenolic OH excluding ortho intramolecular Hbond substituents is 1. The molecule has 0 unspecified atom stereocenters. The molecule has 0 atom stereocenters. The topological polar surface area (TPSA) is 94.8 Å². The van der Waals surface area contributed by atoms with Gasteiger partial charge in [-0.25, -0.2) is 9.59 Å². The highest BCUT2D eigenvalue weighted by molar-refractivity contribution is 5.94. The van der Waals surface area contributed by atoms with Crippen LogP contribution in [0.3, 0.4) is 0 Å². The molecule has 1 aromatic rings. The molecule has 0 aliphatic carbocycles. The Morgan fingerprint density at radius 3 is 2.12 bits per heavy atom. The standard InChI is InChI=1S/C11H10O5/c12-9-3-1-7(2-4-9)5-8(11(15)16)6-10(13)14/h1-4,6,12H,5H2,(H,13,14)(H,15,16)/b8-6-. The van der Waals surface area contributed by atoms with E-state index >= 15 is 0 Å². The van der Waals surface area contributed by atoms with Gasteiger partial charge >= 0.3 is 11.9 Å². The molecule has 1 aromatic carbocycles. The summed E-state index contributed by atoms with van der Waals surface area (Å²) in [6.07, 6.45) is 0.664. The predicted octanol–water partition coefficient (Wildman–Crippen LogP) is 1.03. The molecule has 0 saturated heterocycles. The van der Waals surface area contributed by atoms with Crippen LogP contribution in [0.15, 0.2) is 35.9 Å². The Morgan fingerprint density at radius 1 is 1.12 bits per heavy atom. The van der Waals surface area contributed by atoms with Crippen LogP contribution in [0.4, 0.5) is 0 Å². The quantitative estimate of drug-likeness (QED) is 0.661. The molecular formula is C11H10O5. The largest absolute Gasteiger partial charge is 0.508 e. The SMILES string of the molecule is O=C(O)/C=C(/Cc1ccc(O)cc1)C(=O)O. The fraction of sp³-hybridized carbons (Fsp3) is 0.0909. The summed E-state index contributed by atoms with van der Waals surface area (Å²) in [7, 11) is 0. The summed E-state index contributed by atoms with van der Waals surface area (Å²) in [4.78, 5) is 21.1. The molecule has 0 aliphatic rings. The number of phenols is 1. The van der Waals surface area contributed by atoms with E-state index in [1.54, 1.807) is 0 Å². The lowest BCUT2D eigenvalue weighted by molar-refractivity contribution is -0.135. The van der Waals surface area contributed by atoms with E-state index in [2.05, 4.69) is 0 Å². The van der Waals surface area contributed by atoms with E-state index in [1.807, 2.05) is 0 Å². The second-order valence-electron chi connectivity index (χ2n) is 3.16. The smallest absolute Gasteiger partial charge is 0.332 e. The average Bonchev–Trinajstić information content (AvgIpc) is 2.19. The minimum absolute atomic E-state index is 0.00190. The number of benzene rings is 1. The molecule has 5 heteroatoms. The molecule has 5 nitrogen and oxygen atoms in total. The zero-order valence-electron chi connectivity index (χ0n) is 8.25. The second-order valence-corrected chi connectivity index (χ2v) is 3.16. The van der Waals surface area contributed by atoms with Crippen molar-refractivity contribution in [2.45, 2.75) is 6.42 Å². The van der Waals surface area contributed by atoms with Crippen molar-refractivity contribution >= 4 is 11.9 Å². The summed E-state index contributed by atoms with van der Waals surface area (Å²) in [5.74, 6) is -2.49. The van der Waals surface area contributed by atoms with Crippen LogP contribution in [0.5, 0.6) is 5.75 Å². The molecule has 1 rings (SSSR count). The third-order valence-electron chi connectivity index (χ3n) is 1.90. The van der Waals surface area contributed by atoms with Crippen LogP contribution < -0.4 is 0 Å². The highest BCUT2D eigenvalue weighted by Crippen LogP contribution is 2.13. The number of hydrogen-bond donors (Lipinski definition) is 3. The van der Waals surface area contributed by atoms with E-state index < -0.39 is 11.9 Å². The summed E-state index contributed by atoms with van der Waals surface area (Å²) in [6, 6.07) is 5.90. The summed E-state index contributed by atoms with van der Waals surface area (Å²) in [5, 5.41) is 26.3. The van der Waals surface area contributed by atoms with Gasteiger partial charge < -0.3 is 15.3 Å². The van der Waals surface area contributed by atoms with Gasteiger partial charge in [-0.3, -0.25) is 0 Å². The maximum atomic E-state index is 10.7. The van der Waals surface area contributed by atoms with Crippen LogP contribution in [0, 0.1) is 0 Å². The molecule has 0 fully saturated rings. The molecule has 0 aromatic heterocycles. The highest BCUT2D eigenvalue weighted by Gasteiger charge is 2.10. The van der Waals surface area contributed by atoms with Gasteiger partial charge in [-0.05, 0) is 17.7 Å². The van der Waals surface area contributed by atoms with E-state index in [1.165, 1.54) is 24.3 Å². The molecule has 0 radical (unpaired) electrons. The number of hydrogen-bond acceptors (Lipinski definition) is 3. The van der Waals surface area contributed by atoms with Gasteiger partial charge in [0.25, 0.3) is 0 Å². The maximum absolute atomic E-state index is 10.7. The third-order valence-corrected chi connectivity index (χ3v) is 1.90. The van der Waals surface area contributed by atoms with Gasteiger partial charge in [-0.15, -0.1) is 0 Å². The van der Waals surface area contributed by atoms with E-state index in [0.29, 0.717) is 11.6 Å². The molecule has 3 N–H and O–H groups in total. The molecule has 0 bridgehead atoms. The van der Waals surface area contributed by atoms with Gasteiger partial charge in [-0.1, -0.05) is 12.1 Å². The number of rotatable bonds is 4. The molecule has 0 amide bonds. The molecule has 0 aliphatic heterocycles. The van der Waals surface area contributed by atoms with Crippen LogP contribution in [0.2, 0.25) is 0 Å². The third kappa shape index (κ3) is 3.45. The summed E-state index contributed by atoms with van der Waals surface area (Å²) in [5.41, 5.74) is 0.408. The van der Waals surface area contributed by atoms with Crippen molar-refractivity contribution in [1.29, 1.82) is 0 Å². The van der Waals surface area contributed by atoms with Gasteiger partial charge in [0.15, 0.2) is 0 Å². The van der Waals surface area contributed by atoms with E-state index in [4.69, 9.17) is 15.3 Å². The van der Waals surface area contributed by atoms with Crippen LogP contribution in [0.1, 0.15) is 5.56 Å². The zero-order valence-corrected chi connectivity index (χ0v) is 8.25. The molecule has 0 heterocycles. The molecule has 16 heavy (non-hydrogen) atoms. The Balaban J connectivity index is 2.88. The number of carbonyl (C=O) groups is 2. The van der Waals surface area contributed by atoms with Crippen molar-refractivity contribution < 1.29 is 24.9 Å². The molecule has 84 valence electrons. The average molecular weight is 222 g/mol. The minimum Gasteiger partial charge on any atom is -0.508 e. The van der Waals surface area contributed by atoms with E-state index in [0.717, 1.165) is 0 Å². The van der Waals surface area contributed by atoms with Gasteiger partial charge in [0.2, 0.25) is 0 Å².